The van der Waals surface area contributed by atoms with E-state index in [0.717, 1.165) is 16.0 Å². The molecule has 3 aromatic carbocycles. The molecular formula is C27H23Cl2N3O4. The summed E-state index contributed by atoms with van der Waals surface area (Å²) < 4.78 is 5.40. The third kappa shape index (κ3) is 5.53. The molecule has 0 saturated carbocycles. The van der Waals surface area contributed by atoms with E-state index in [2.05, 4.69) is 10.6 Å². The van der Waals surface area contributed by atoms with Crippen molar-refractivity contribution in [1.82, 2.24) is 0 Å². The maximum Gasteiger partial charge on any atom is 0.283 e. The number of nitrogens with zero attached hydrogens (tertiary/aromatic N) is 1. The number of carbonyl (C=O) groups is 3. The van der Waals surface area contributed by atoms with Gasteiger partial charge in [0.1, 0.15) is 16.5 Å². The molecule has 7 nitrogen and oxygen atoms in total. The van der Waals surface area contributed by atoms with Crippen LogP contribution in [0.4, 0.5) is 17.1 Å². The Morgan fingerprint density at radius 3 is 2.28 bits per heavy atom. The highest BCUT2D eigenvalue weighted by molar-refractivity contribution is 6.53. The Kier molecular flexibility index (Phi) is 7.62. The Morgan fingerprint density at radius 1 is 0.944 bits per heavy atom. The van der Waals surface area contributed by atoms with Crippen molar-refractivity contribution in [1.29, 1.82) is 0 Å². The largest absolute Gasteiger partial charge is 0.494 e. The minimum Gasteiger partial charge on any atom is -0.494 e. The molecule has 1 heterocycles. The van der Waals surface area contributed by atoms with Gasteiger partial charge in [-0.2, -0.15) is 0 Å². The Bertz CT molecular complexity index is 1350. The quantitative estimate of drug-likeness (QED) is 0.371. The van der Waals surface area contributed by atoms with E-state index >= 15 is 0 Å². The molecule has 0 aliphatic carbocycles. The Labute approximate surface area is 218 Å². The zero-order valence-electron chi connectivity index (χ0n) is 19.6. The second kappa shape index (κ2) is 10.8. The third-order valence-corrected chi connectivity index (χ3v) is 6.07. The molecule has 36 heavy (non-hydrogen) atoms. The van der Waals surface area contributed by atoms with Gasteiger partial charge in [-0.3, -0.25) is 14.4 Å². The van der Waals surface area contributed by atoms with Crippen LogP contribution in [0.1, 0.15) is 18.1 Å². The van der Waals surface area contributed by atoms with E-state index in [0.29, 0.717) is 34.4 Å². The van der Waals surface area contributed by atoms with E-state index in [1.807, 2.05) is 13.8 Å². The molecular weight excluding hydrogens is 501 g/mol. The molecule has 2 N–H and O–H groups in total. The summed E-state index contributed by atoms with van der Waals surface area (Å²) in [5.74, 6) is -0.709. The number of rotatable bonds is 8. The second-order valence-electron chi connectivity index (χ2n) is 8.07. The summed E-state index contributed by atoms with van der Waals surface area (Å²) in [6.45, 7) is 4.24. The van der Waals surface area contributed by atoms with Gasteiger partial charge in [0.05, 0.1) is 18.7 Å². The highest BCUT2D eigenvalue weighted by atomic mass is 35.5. The van der Waals surface area contributed by atoms with Crippen LogP contribution in [0.2, 0.25) is 5.02 Å². The zero-order chi connectivity index (χ0) is 25.8. The Hall–Kier alpha value is -3.81. The monoisotopic (exact) mass is 523 g/mol. The first-order valence-electron chi connectivity index (χ1n) is 11.2. The van der Waals surface area contributed by atoms with Crippen molar-refractivity contribution in [2.45, 2.75) is 20.3 Å². The van der Waals surface area contributed by atoms with Crippen molar-refractivity contribution < 1.29 is 19.1 Å². The normalized spacial score (nSPS) is 13.3. The van der Waals surface area contributed by atoms with Crippen LogP contribution in [-0.4, -0.2) is 24.3 Å². The number of anilines is 3. The van der Waals surface area contributed by atoms with Crippen LogP contribution < -0.4 is 20.3 Å². The molecule has 0 atom stereocenters. The summed E-state index contributed by atoms with van der Waals surface area (Å²) in [5, 5.41) is 6.21. The van der Waals surface area contributed by atoms with Crippen LogP contribution in [0.5, 0.6) is 5.75 Å². The van der Waals surface area contributed by atoms with Crippen LogP contribution in [-0.2, 0) is 20.8 Å². The van der Waals surface area contributed by atoms with Gasteiger partial charge < -0.3 is 15.4 Å². The molecule has 0 saturated heterocycles. The van der Waals surface area contributed by atoms with Gasteiger partial charge >= 0.3 is 0 Å². The fourth-order valence-corrected chi connectivity index (χ4v) is 4.14. The molecule has 0 aromatic heterocycles. The average Bonchev–Trinajstić information content (AvgIpc) is 3.06. The van der Waals surface area contributed by atoms with E-state index in [9.17, 15) is 14.4 Å². The number of carbonyl (C=O) groups excluding carboxylic acids is 3. The van der Waals surface area contributed by atoms with Crippen molar-refractivity contribution in [3.05, 3.63) is 93.6 Å². The Balaban J connectivity index is 1.40. The molecule has 184 valence electrons. The van der Waals surface area contributed by atoms with Gasteiger partial charge in [-0.15, -0.1) is 0 Å². The number of aryl methyl sites for hydroxylation is 1. The molecule has 1 aliphatic heterocycles. The van der Waals surface area contributed by atoms with E-state index in [-0.39, 0.29) is 23.1 Å². The molecule has 0 fully saturated rings. The lowest BCUT2D eigenvalue weighted by Gasteiger charge is -2.15. The van der Waals surface area contributed by atoms with Gasteiger partial charge in [-0.05, 0) is 79.6 Å². The first-order chi connectivity index (χ1) is 17.3. The molecule has 4 rings (SSSR count). The van der Waals surface area contributed by atoms with Crippen molar-refractivity contribution in [3.63, 3.8) is 0 Å². The first kappa shape index (κ1) is 25.3. The van der Waals surface area contributed by atoms with Crippen molar-refractivity contribution in [3.8, 4) is 5.75 Å². The lowest BCUT2D eigenvalue weighted by Crippen LogP contribution is -2.32. The third-order valence-electron chi connectivity index (χ3n) is 5.48. The van der Waals surface area contributed by atoms with E-state index < -0.39 is 11.8 Å². The van der Waals surface area contributed by atoms with Crippen LogP contribution in [0, 0.1) is 6.92 Å². The van der Waals surface area contributed by atoms with Gasteiger partial charge in [0.15, 0.2) is 0 Å². The van der Waals surface area contributed by atoms with Crippen LogP contribution in [0.15, 0.2) is 77.5 Å². The molecule has 1 aliphatic rings. The highest BCUT2D eigenvalue weighted by Crippen LogP contribution is 2.31. The molecule has 0 radical (unpaired) electrons. The minimum atomic E-state index is -0.612. The summed E-state index contributed by atoms with van der Waals surface area (Å²) >= 11 is 12.2. The number of amides is 3. The molecule has 0 spiro atoms. The summed E-state index contributed by atoms with van der Waals surface area (Å²) in [6, 6.07) is 18.8. The number of imide groups is 1. The summed E-state index contributed by atoms with van der Waals surface area (Å²) in [4.78, 5) is 39.1. The predicted octanol–water partition coefficient (Wildman–Crippen LogP) is 5.66. The van der Waals surface area contributed by atoms with Gasteiger partial charge in [-0.25, -0.2) is 4.90 Å². The number of nitrogens with one attached hydrogen (secondary N) is 2. The van der Waals surface area contributed by atoms with Gasteiger partial charge in [0.25, 0.3) is 11.8 Å². The smallest absolute Gasteiger partial charge is 0.283 e. The summed E-state index contributed by atoms with van der Waals surface area (Å²) in [5.41, 5.74) is 3.27. The minimum absolute atomic E-state index is 0.0146. The number of halogens is 2. The van der Waals surface area contributed by atoms with E-state index in [1.165, 1.54) is 0 Å². The van der Waals surface area contributed by atoms with Crippen molar-refractivity contribution >= 4 is 58.0 Å². The van der Waals surface area contributed by atoms with Gasteiger partial charge in [0.2, 0.25) is 5.91 Å². The maximum absolute atomic E-state index is 13.0. The second-order valence-corrected chi connectivity index (χ2v) is 8.88. The highest BCUT2D eigenvalue weighted by Gasteiger charge is 2.38. The van der Waals surface area contributed by atoms with Crippen molar-refractivity contribution in [2.75, 3.05) is 22.1 Å². The van der Waals surface area contributed by atoms with Crippen LogP contribution in [0.25, 0.3) is 0 Å². The first-order valence-corrected chi connectivity index (χ1v) is 12.0. The van der Waals surface area contributed by atoms with Gasteiger partial charge in [0, 0.05) is 16.4 Å². The number of ether oxygens (including phenoxy) is 1. The molecule has 0 unspecified atom stereocenters. The van der Waals surface area contributed by atoms with Crippen LogP contribution in [0.3, 0.4) is 0 Å². The molecule has 3 aromatic rings. The lowest BCUT2D eigenvalue weighted by molar-refractivity contribution is -0.120. The molecule has 9 heteroatoms. The van der Waals surface area contributed by atoms with Crippen LogP contribution >= 0.6 is 23.2 Å². The number of hydrogen-bond donors (Lipinski definition) is 2. The summed E-state index contributed by atoms with van der Waals surface area (Å²) in [6.07, 6.45) is 0.161. The lowest BCUT2D eigenvalue weighted by atomic mass is 10.1. The topological polar surface area (TPSA) is 87.7 Å². The zero-order valence-corrected chi connectivity index (χ0v) is 21.1. The SMILES string of the molecule is CCOc1ccc(N2C(=O)C(Cl)=C(Nc3ccc(CC(=O)Nc4ccc(Cl)cc4C)cc3)C2=O)cc1. The average molecular weight is 524 g/mol. The van der Waals surface area contributed by atoms with E-state index in [1.54, 1.807) is 66.7 Å². The molecule has 0 bridgehead atoms. The summed E-state index contributed by atoms with van der Waals surface area (Å²) in [7, 11) is 0. The van der Waals surface area contributed by atoms with Gasteiger partial charge in [-0.1, -0.05) is 35.3 Å². The predicted molar refractivity (Wildman–Crippen MR) is 142 cm³/mol. The fraction of sp³-hybridized carbons (Fsp3) is 0.148. The standard InChI is InChI=1S/C27H23Cl2N3O4/c1-3-36-21-11-9-20(10-12-21)32-26(34)24(29)25(27(32)35)30-19-7-4-17(5-8-19)15-23(33)31-22-13-6-18(28)14-16(22)2/h4-14,30H,3,15H2,1-2H3,(H,31,33). The fourth-order valence-electron chi connectivity index (χ4n) is 3.70. The number of hydrogen-bond acceptors (Lipinski definition) is 5. The molecule has 3 amide bonds. The number of benzene rings is 3. The maximum atomic E-state index is 13.0. The van der Waals surface area contributed by atoms with Crippen molar-refractivity contribution in [2.24, 2.45) is 0 Å². The Morgan fingerprint density at radius 2 is 1.64 bits per heavy atom. The van der Waals surface area contributed by atoms with E-state index in [4.69, 9.17) is 27.9 Å².